The van der Waals surface area contributed by atoms with E-state index in [2.05, 4.69) is 181 Å². The summed E-state index contributed by atoms with van der Waals surface area (Å²) in [6.45, 7) is 5.93. The van der Waals surface area contributed by atoms with Gasteiger partial charge < -0.3 is 0 Å². The Balaban J connectivity index is 0.866. The van der Waals surface area contributed by atoms with Crippen LogP contribution < -0.4 is 0 Å². The van der Waals surface area contributed by atoms with Crippen LogP contribution in [0.15, 0.2) is 224 Å². The number of aliphatic imine (C=N–C) groups is 1. The summed E-state index contributed by atoms with van der Waals surface area (Å²) >= 11 is 0. The standard InChI is InChI=1S/C62H42N4/c1-3-40-17-14-21-49(58(40)63-4-2)44-31-35-47(36-32-44)61-65-59(45-15-6-5-7-16-45)64-60(66-61)46-33-29-42(30-34-46)41-25-27-43(28-26-41)48-37-38-53-52-20-10-13-24-56(52)62(57(53)39-48)54-22-11-8-18-50(54)51-19-9-12-23-55(51)62/h3-39H,1H2,2H3. The van der Waals surface area contributed by atoms with Crippen LogP contribution in [-0.2, 0) is 5.41 Å². The molecule has 310 valence electrons. The van der Waals surface area contributed by atoms with Crippen molar-refractivity contribution < 1.29 is 0 Å². The highest BCUT2D eigenvalue weighted by Gasteiger charge is 2.51. The molecule has 12 rings (SSSR count). The molecule has 0 saturated heterocycles. The Hall–Kier alpha value is -8.60. The number of aromatic nitrogens is 3. The van der Waals surface area contributed by atoms with Crippen molar-refractivity contribution in [1.82, 2.24) is 15.0 Å². The highest BCUT2D eigenvalue weighted by Crippen LogP contribution is 2.63. The van der Waals surface area contributed by atoms with Crippen molar-refractivity contribution in [3.8, 4) is 89.8 Å². The first-order valence-corrected chi connectivity index (χ1v) is 22.4. The van der Waals surface area contributed by atoms with Gasteiger partial charge in [-0.05, 0) is 85.3 Å². The number of hydrogen-bond donors (Lipinski definition) is 0. The molecule has 1 heterocycles. The van der Waals surface area contributed by atoms with Crippen molar-refractivity contribution in [1.29, 1.82) is 0 Å². The maximum Gasteiger partial charge on any atom is 0.164 e. The number of hydrogen-bond acceptors (Lipinski definition) is 4. The van der Waals surface area contributed by atoms with E-state index in [1.807, 2.05) is 61.7 Å². The zero-order valence-corrected chi connectivity index (χ0v) is 36.4. The quantitative estimate of drug-likeness (QED) is 0.143. The highest BCUT2D eigenvalue weighted by molar-refractivity contribution is 5.96. The third-order valence-electron chi connectivity index (χ3n) is 13.4. The van der Waals surface area contributed by atoms with Gasteiger partial charge in [-0.3, -0.25) is 4.99 Å². The smallest absolute Gasteiger partial charge is 0.164 e. The summed E-state index contributed by atoms with van der Waals surface area (Å²) in [4.78, 5) is 19.7. The van der Waals surface area contributed by atoms with Gasteiger partial charge in [-0.15, -0.1) is 0 Å². The fraction of sp³-hybridized carbons (Fsp3) is 0.0323. The van der Waals surface area contributed by atoms with E-state index >= 15 is 0 Å². The highest BCUT2D eigenvalue weighted by atomic mass is 15.0. The molecule has 10 aromatic rings. The maximum absolute atomic E-state index is 5.05. The summed E-state index contributed by atoms with van der Waals surface area (Å²) in [6, 6.07) is 76.1. The predicted molar refractivity (Wildman–Crippen MR) is 273 cm³/mol. The van der Waals surface area contributed by atoms with Crippen LogP contribution in [0.3, 0.4) is 0 Å². The molecule has 1 aromatic heterocycles. The second-order valence-corrected chi connectivity index (χ2v) is 16.9. The van der Waals surface area contributed by atoms with Crippen molar-refractivity contribution >= 4 is 18.0 Å². The van der Waals surface area contributed by atoms with Gasteiger partial charge in [0.1, 0.15) is 0 Å². The molecule has 4 nitrogen and oxygen atoms in total. The lowest BCUT2D eigenvalue weighted by molar-refractivity contribution is 0.794. The van der Waals surface area contributed by atoms with Gasteiger partial charge >= 0.3 is 0 Å². The summed E-state index contributed by atoms with van der Waals surface area (Å²) in [6.07, 6.45) is 3.66. The van der Waals surface area contributed by atoms with E-state index in [-0.39, 0.29) is 5.41 Å². The van der Waals surface area contributed by atoms with E-state index in [1.54, 1.807) is 0 Å². The summed E-state index contributed by atoms with van der Waals surface area (Å²) in [5, 5.41) is 0. The second-order valence-electron chi connectivity index (χ2n) is 16.9. The van der Waals surface area contributed by atoms with Crippen LogP contribution >= 0.6 is 0 Å². The fourth-order valence-electron chi connectivity index (χ4n) is 10.3. The van der Waals surface area contributed by atoms with Gasteiger partial charge in [-0.1, -0.05) is 219 Å². The van der Waals surface area contributed by atoms with Crippen LogP contribution in [0, 0.1) is 0 Å². The molecule has 9 aromatic carbocycles. The lowest BCUT2D eigenvalue weighted by Gasteiger charge is -2.30. The van der Waals surface area contributed by atoms with E-state index in [1.165, 1.54) is 55.6 Å². The molecule has 0 aliphatic heterocycles. The first kappa shape index (κ1) is 39.0. The molecule has 0 saturated carbocycles. The molecule has 4 heteroatoms. The molecule has 0 fully saturated rings. The van der Waals surface area contributed by atoms with Crippen LogP contribution in [0.4, 0.5) is 5.69 Å². The first-order chi connectivity index (χ1) is 32.6. The average Bonchev–Trinajstić information content (AvgIpc) is 3.86. The van der Waals surface area contributed by atoms with Crippen LogP contribution in [0.2, 0.25) is 0 Å². The Morgan fingerprint density at radius 2 is 0.758 bits per heavy atom. The average molecular weight is 843 g/mol. The number of fused-ring (bicyclic) bond motifs is 10. The minimum absolute atomic E-state index is 0.366. The minimum atomic E-state index is -0.366. The molecule has 0 unspecified atom stereocenters. The first-order valence-electron chi connectivity index (χ1n) is 22.4. The van der Waals surface area contributed by atoms with Crippen LogP contribution in [0.25, 0.3) is 95.9 Å². The monoisotopic (exact) mass is 842 g/mol. The third kappa shape index (κ3) is 6.22. The molecule has 2 aliphatic rings. The topological polar surface area (TPSA) is 51.0 Å². The van der Waals surface area contributed by atoms with Crippen molar-refractivity contribution in [3.63, 3.8) is 0 Å². The summed E-state index contributed by atoms with van der Waals surface area (Å²) in [5.74, 6) is 1.85. The van der Waals surface area contributed by atoms with Gasteiger partial charge in [0.2, 0.25) is 0 Å². The van der Waals surface area contributed by atoms with Gasteiger partial charge in [0, 0.05) is 34.0 Å². The maximum atomic E-state index is 5.05. The Kier molecular flexibility index (Phi) is 9.39. The molecule has 0 radical (unpaired) electrons. The van der Waals surface area contributed by atoms with E-state index in [0.717, 1.165) is 50.2 Å². The Morgan fingerprint density at radius 1 is 0.364 bits per heavy atom. The van der Waals surface area contributed by atoms with Crippen LogP contribution in [0.1, 0.15) is 34.7 Å². The summed E-state index contributed by atoms with van der Waals surface area (Å²) in [5.41, 5.74) is 21.7. The van der Waals surface area contributed by atoms with Crippen molar-refractivity contribution in [2.24, 2.45) is 4.99 Å². The molecule has 0 N–H and O–H groups in total. The Morgan fingerprint density at radius 3 is 1.26 bits per heavy atom. The zero-order valence-electron chi connectivity index (χ0n) is 36.4. The van der Waals surface area contributed by atoms with Gasteiger partial charge in [-0.25, -0.2) is 15.0 Å². The fourth-order valence-corrected chi connectivity index (χ4v) is 10.3. The van der Waals surface area contributed by atoms with Crippen molar-refractivity contribution in [2.75, 3.05) is 0 Å². The Bertz CT molecular complexity index is 3470. The Labute approximate surface area is 385 Å². The van der Waals surface area contributed by atoms with Gasteiger partial charge in [0.25, 0.3) is 0 Å². The predicted octanol–water partition coefficient (Wildman–Crippen LogP) is 15.6. The van der Waals surface area contributed by atoms with Gasteiger partial charge in [0.05, 0.1) is 11.1 Å². The van der Waals surface area contributed by atoms with Crippen LogP contribution in [0.5, 0.6) is 0 Å². The zero-order chi connectivity index (χ0) is 44.2. The molecule has 66 heavy (non-hydrogen) atoms. The molecule has 0 bridgehead atoms. The molecule has 2 aliphatic carbocycles. The second kappa shape index (κ2) is 15.9. The third-order valence-corrected chi connectivity index (χ3v) is 13.4. The van der Waals surface area contributed by atoms with E-state index < -0.39 is 0 Å². The number of benzene rings is 9. The number of para-hydroxylation sites is 1. The molecule has 0 atom stereocenters. The van der Waals surface area contributed by atoms with Gasteiger partial charge in [-0.2, -0.15) is 0 Å². The minimum Gasteiger partial charge on any atom is -0.260 e. The lowest BCUT2D eigenvalue weighted by Crippen LogP contribution is -2.25. The molecule has 1 spiro atoms. The van der Waals surface area contributed by atoms with E-state index in [9.17, 15) is 0 Å². The number of rotatable bonds is 8. The lowest BCUT2D eigenvalue weighted by atomic mass is 9.70. The largest absolute Gasteiger partial charge is 0.260 e. The molecule has 0 amide bonds. The normalized spacial score (nSPS) is 12.7. The summed E-state index contributed by atoms with van der Waals surface area (Å²) < 4.78 is 0. The van der Waals surface area contributed by atoms with Gasteiger partial charge in [0.15, 0.2) is 17.5 Å². The van der Waals surface area contributed by atoms with E-state index in [0.29, 0.717) is 17.5 Å². The summed E-state index contributed by atoms with van der Waals surface area (Å²) in [7, 11) is 0. The molecular weight excluding hydrogens is 801 g/mol. The van der Waals surface area contributed by atoms with Crippen LogP contribution in [-0.4, -0.2) is 21.2 Å². The van der Waals surface area contributed by atoms with Crippen molar-refractivity contribution in [3.05, 3.63) is 247 Å². The van der Waals surface area contributed by atoms with E-state index in [4.69, 9.17) is 15.0 Å². The number of nitrogens with zero attached hydrogens (tertiary/aromatic N) is 4. The molecular formula is C62H42N4. The SMILES string of the molecule is C=Cc1cccc(-c2ccc(-c3nc(-c4ccccc4)nc(-c4ccc(-c5ccc(-c6ccc7c(c6)C6(c8ccccc8-c8ccccc86)c6ccccc6-7)cc5)cc4)n3)cc2)c1N=CC. The van der Waals surface area contributed by atoms with Crippen molar-refractivity contribution in [2.45, 2.75) is 12.3 Å².